The number of H-pyrrole nitrogens is 2. The second-order valence-corrected chi connectivity index (χ2v) is 7.80. The molecular weight excluding hydrogens is 378 g/mol. The molecule has 0 aliphatic heterocycles. The maximum atomic E-state index is 4.59. The summed E-state index contributed by atoms with van der Waals surface area (Å²) in [6, 6.07) is 18.7. The first-order chi connectivity index (χ1) is 14.4. The van der Waals surface area contributed by atoms with Crippen molar-refractivity contribution in [1.82, 2.24) is 25.1 Å². The van der Waals surface area contributed by atoms with Crippen LogP contribution >= 0.6 is 11.3 Å². The van der Waals surface area contributed by atoms with E-state index in [4.69, 9.17) is 0 Å². The molecular formula is C23H15N5S. The summed E-state index contributed by atoms with van der Waals surface area (Å²) in [4.78, 5) is 13.4. The molecule has 0 atom stereocenters. The number of nitrogens with one attached hydrogen (secondary N) is 2. The third-order valence-corrected chi connectivity index (χ3v) is 6.03. The number of hydrogen-bond donors (Lipinski definition) is 2. The van der Waals surface area contributed by atoms with E-state index in [2.05, 4.69) is 79.1 Å². The zero-order valence-electron chi connectivity index (χ0n) is 15.3. The molecule has 5 nitrogen and oxygen atoms in total. The third-order valence-electron chi connectivity index (χ3n) is 5.13. The highest BCUT2D eigenvalue weighted by atomic mass is 32.1. The predicted molar refractivity (Wildman–Crippen MR) is 118 cm³/mol. The van der Waals surface area contributed by atoms with Gasteiger partial charge in [0.05, 0.1) is 11.2 Å². The quantitative estimate of drug-likeness (QED) is 0.393. The fourth-order valence-electron chi connectivity index (χ4n) is 3.73. The zero-order chi connectivity index (χ0) is 19.2. The molecule has 0 amide bonds. The largest absolute Gasteiger partial charge is 0.338 e. The number of thiophene rings is 1. The highest BCUT2D eigenvalue weighted by Gasteiger charge is 2.15. The van der Waals surface area contributed by atoms with Crippen molar-refractivity contribution in [3.8, 4) is 33.0 Å². The molecule has 0 saturated carbocycles. The van der Waals surface area contributed by atoms with Gasteiger partial charge in [0, 0.05) is 45.4 Å². The Morgan fingerprint density at radius 2 is 1.86 bits per heavy atom. The van der Waals surface area contributed by atoms with Crippen LogP contribution in [-0.4, -0.2) is 25.1 Å². The van der Waals surface area contributed by atoms with E-state index in [9.17, 15) is 0 Å². The van der Waals surface area contributed by atoms with E-state index in [0.29, 0.717) is 0 Å². The van der Waals surface area contributed by atoms with Crippen LogP contribution in [0, 0.1) is 0 Å². The van der Waals surface area contributed by atoms with Crippen LogP contribution in [0.3, 0.4) is 0 Å². The molecule has 5 heterocycles. The monoisotopic (exact) mass is 393 g/mol. The van der Waals surface area contributed by atoms with Crippen LogP contribution in [0.2, 0.25) is 0 Å². The highest BCUT2D eigenvalue weighted by molar-refractivity contribution is 7.13. The van der Waals surface area contributed by atoms with Crippen molar-refractivity contribution < 1.29 is 0 Å². The normalized spacial score (nSPS) is 11.4. The minimum atomic E-state index is 0.866. The van der Waals surface area contributed by atoms with Gasteiger partial charge >= 0.3 is 0 Å². The topological polar surface area (TPSA) is 70.2 Å². The standard InChI is InChI=1S/C23H15N5S/c1-3-15(13-24-8-1)14-5-6-19-18(11-14)22(28-27-19)20-12-17-16(21-4-2-10-29-21)7-9-25-23(17)26-20/h1-13H,(H,25,26)(H,27,28). The number of aromatic amines is 2. The number of fused-ring (bicyclic) bond motifs is 2. The summed E-state index contributed by atoms with van der Waals surface area (Å²) < 4.78 is 0. The fraction of sp³-hybridized carbons (Fsp3) is 0. The van der Waals surface area contributed by atoms with Gasteiger partial charge in [-0.15, -0.1) is 11.3 Å². The number of pyridine rings is 2. The Balaban J connectivity index is 1.53. The van der Waals surface area contributed by atoms with E-state index in [-0.39, 0.29) is 0 Å². The Morgan fingerprint density at radius 3 is 2.72 bits per heavy atom. The van der Waals surface area contributed by atoms with Gasteiger partial charge in [-0.05, 0) is 47.3 Å². The van der Waals surface area contributed by atoms with Crippen LogP contribution < -0.4 is 0 Å². The second kappa shape index (κ2) is 6.39. The lowest BCUT2D eigenvalue weighted by molar-refractivity contribution is 1.12. The van der Waals surface area contributed by atoms with Crippen molar-refractivity contribution in [2.75, 3.05) is 0 Å². The molecule has 0 aliphatic rings. The summed E-state index contributed by atoms with van der Waals surface area (Å²) in [7, 11) is 0. The van der Waals surface area contributed by atoms with E-state index in [1.54, 1.807) is 17.5 Å². The average molecular weight is 393 g/mol. The smallest absolute Gasteiger partial charge is 0.138 e. The molecule has 1 aromatic carbocycles. The van der Waals surface area contributed by atoms with Crippen molar-refractivity contribution in [2.24, 2.45) is 0 Å². The van der Waals surface area contributed by atoms with Crippen LogP contribution in [0.5, 0.6) is 0 Å². The number of benzene rings is 1. The van der Waals surface area contributed by atoms with Gasteiger partial charge in [0.1, 0.15) is 11.3 Å². The van der Waals surface area contributed by atoms with Crippen molar-refractivity contribution in [3.05, 3.63) is 78.6 Å². The van der Waals surface area contributed by atoms with Gasteiger partial charge in [-0.3, -0.25) is 10.1 Å². The maximum absolute atomic E-state index is 4.59. The lowest BCUT2D eigenvalue weighted by atomic mass is 10.0. The van der Waals surface area contributed by atoms with Gasteiger partial charge in [-0.2, -0.15) is 5.10 Å². The fourth-order valence-corrected chi connectivity index (χ4v) is 4.50. The van der Waals surface area contributed by atoms with E-state index >= 15 is 0 Å². The van der Waals surface area contributed by atoms with Gasteiger partial charge in [0.15, 0.2) is 0 Å². The summed E-state index contributed by atoms with van der Waals surface area (Å²) in [5.74, 6) is 0. The highest BCUT2D eigenvalue weighted by Crippen LogP contribution is 2.35. The zero-order valence-corrected chi connectivity index (χ0v) is 16.1. The van der Waals surface area contributed by atoms with Gasteiger partial charge in [0.2, 0.25) is 0 Å². The number of aromatic nitrogens is 5. The molecule has 0 fully saturated rings. The molecule has 0 unspecified atom stereocenters. The first kappa shape index (κ1) is 16.2. The Hall–Kier alpha value is -3.77. The van der Waals surface area contributed by atoms with Crippen LogP contribution in [0.4, 0.5) is 0 Å². The van der Waals surface area contributed by atoms with Crippen molar-refractivity contribution in [3.63, 3.8) is 0 Å². The van der Waals surface area contributed by atoms with Gasteiger partial charge in [-0.25, -0.2) is 4.98 Å². The summed E-state index contributed by atoms with van der Waals surface area (Å²) >= 11 is 1.73. The molecule has 0 radical (unpaired) electrons. The number of rotatable bonds is 3. The Labute approximate surface area is 170 Å². The summed E-state index contributed by atoms with van der Waals surface area (Å²) in [5.41, 5.74) is 7.08. The summed E-state index contributed by atoms with van der Waals surface area (Å²) in [6.07, 6.45) is 5.51. The number of hydrogen-bond acceptors (Lipinski definition) is 4. The minimum absolute atomic E-state index is 0.866. The average Bonchev–Trinajstić information content (AvgIpc) is 3.52. The summed E-state index contributed by atoms with van der Waals surface area (Å²) in [5, 5.41) is 12.0. The van der Waals surface area contributed by atoms with Crippen LogP contribution in [0.15, 0.2) is 78.6 Å². The second-order valence-electron chi connectivity index (χ2n) is 6.86. The Kier molecular flexibility index (Phi) is 3.57. The Morgan fingerprint density at radius 1 is 0.862 bits per heavy atom. The molecule has 0 spiro atoms. The van der Waals surface area contributed by atoms with E-state index in [1.807, 2.05) is 18.5 Å². The maximum Gasteiger partial charge on any atom is 0.138 e. The van der Waals surface area contributed by atoms with E-state index < -0.39 is 0 Å². The van der Waals surface area contributed by atoms with Crippen LogP contribution in [0.1, 0.15) is 0 Å². The van der Waals surface area contributed by atoms with Gasteiger partial charge in [0.25, 0.3) is 0 Å². The van der Waals surface area contributed by atoms with Crippen LogP contribution in [-0.2, 0) is 0 Å². The van der Waals surface area contributed by atoms with Crippen molar-refractivity contribution >= 4 is 33.3 Å². The Bertz CT molecular complexity index is 1450. The molecule has 0 aliphatic carbocycles. The molecule has 6 rings (SSSR count). The first-order valence-electron chi connectivity index (χ1n) is 9.27. The number of nitrogens with zero attached hydrogens (tertiary/aromatic N) is 3. The molecule has 138 valence electrons. The molecule has 2 N–H and O–H groups in total. The third kappa shape index (κ3) is 2.65. The SMILES string of the molecule is c1cncc(-c2ccc3[nH]nc(-c4cc5c(-c6cccs6)ccnc5[nH]4)c3c2)c1. The minimum Gasteiger partial charge on any atom is -0.338 e. The summed E-state index contributed by atoms with van der Waals surface area (Å²) in [6.45, 7) is 0. The van der Waals surface area contributed by atoms with Crippen LogP contribution in [0.25, 0.3) is 54.9 Å². The lowest BCUT2D eigenvalue weighted by Crippen LogP contribution is -1.81. The molecule has 29 heavy (non-hydrogen) atoms. The van der Waals surface area contributed by atoms with Crippen molar-refractivity contribution in [2.45, 2.75) is 0 Å². The van der Waals surface area contributed by atoms with E-state index in [0.717, 1.165) is 44.5 Å². The molecule has 0 saturated heterocycles. The van der Waals surface area contributed by atoms with Gasteiger partial charge < -0.3 is 4.98 Å². The molecule has 6 aromatic rings. The van der Waals surface area contributed by atoms with Crippen molar-refractivity contribution in [1.29, 1.82) is 0 Å². The molecule has 0 bridgehead atoms. The molecule has 6 heteroatoms. The van der Waals surface area contributed by atoms with Gasteiger partial charge in [-0.1, -0.05) is 18.2 Å². The first-order valence-corrected chi connectivity index (χ1v) is 10.2. The predicted octanol–water partition coefficient (Wildman–Crippen LogP) is 5.90. The lowest BCUT2D eigenvalue weighted by Gasteiger charge is -2.01. The van der Waals surface area contributed by atoms with E-state index in [1.165, 1.54) is 10.4 Å². The molecule has 5 aromatic heterocycles.